The minimum Gasteiger partial charge on any atom is -0.335 e. The normalized spacial score (nSPS) is 11.5. The fraction of sp³-hybridized carbons (Fsp3) is 0.217. The van der Waals surface area contributed by atoms with Gasteiger partial charge in [-0.25, -0.2) is 9.36 Å². The van der Waals surface area contributed by atoms with Crippen molar-refractivity contribution in [2.75, 3.05) is 16.9 Å². The molecule has 0 saturated carbocycles. The summed E-state index contributed by atoms with van der Waals surface area (Å²) in [5.74, 6) is 7.08. The molecule has 0 aliphatic rings. The predicted molar refractivity (Wildman–Crippen MR) is 132 cm³/mol. The van der Waals surface area contributed by atoms with Crippen LogP contribution in [0.4, 0.5) is 5.82 Å². The summed E-state index contributed by atoms with van der Waals surface area (Å²) in [6.45, 7) is 6.24. The van der Waals surface area contributed by atoms with Crippen molar-refractivity contribution in [3.63, 3.8) is 0 Å². The maximum absolute atomic E-state index is 12.8. The summed E-state index contributed by atoms with van der Waals surface area (Å²) in [4.78, 5) is 12.8. The van der Waals surface area contributed by atoms with Gasteiger partial charge in [-0.2, -0.15) is 5.10 Å². The largest absolute Gasteiger partial charge is 0.335 e. The number of nitrogens with two attached hydrogens (primary N) is 1. The van der Waals surface area contributed by atoms with E-state index in [-0.39, 0.29) is 17.1 Å². The SMILES string of the molecule is CC(C)(C)c1cc(NC(=O)CSc2nnc(-c3ccccc3Cl)n2N)n(-c2ccccc2)n1. The molecular formula is C23H24ClN7OS. The van der Waals surface area contributed by atoms with Gasteiger partial charge < -0.3 is 11.2 Å². The van der Waals surface area contributed by atoms with E-state index >= 15 is 0 Å². The number of para-hydroxylation sites is 1. The third-order valence-electron chi connectivity index (χ3n) is 4.86. The van der Waals surface area contributed by atoms with E-state index in [9.17, 15) is 4.79 Å². The number of aromatic nitrogens is 5. The molecule has 3 N–H and O–H groups in total. The monoisotopic (exact) mass is 481 g/mol. The summed E-state index contributed by atoms with van der Waals surface area (Å²) in [5, 5.41) is 16.8. The van der Waals surface area contributed by atoms with Crippen LogP contribution < -0.4 is 11.2 Å². The molecule has 2 aromatic heterocycles. The van der Waals surface area contributed by atoms with Crippen LogP contribution in [-0.2, 0) is 10.2 Å². The standard InChI is InChI=1S/C23H24ClN7OS/c1-23(2,3)18-13-19(31(29-18)15-9-5-4-6-10-15)26-20(32)14-33-22-28-27-21(30(22)25)16-11-7-8-12-17(16)24/h4-13H,14,25H2,1-3H3,(H,26,32). The molecule has 2 aromatic carbocycles. The van der Waals surface area contributed by atoms with Crippen LogP contribution in [0, 0.1) is 0 Å². The summed E-state index contributed by atoms with van der Waals surface area (Å²) in [6.07, 6.45) is 0. The average molecular weight is 482 g/mol. The molecule has 2 heterocycles. The highest BCUT2D eigenvalue weighted by molar-refractivity contribution is 7.99. The maximum atomic E-state index is 12.8. The summed E-state index contributed by atoms with van der Waals surface area (Å²) in [6, 6.07) is 18.8. The van der Waals surface area contributed by atoms with E-state index in [1.807, 2.05) is 54.6 Å². The van der Waals surface area contributed by atoms with Gasteiger partial charge in [0.25, 0.3) is 0 Å². The molecule has 0 bridgehead atoms. The quantitative estimate of drug-likeness (QED) is 0.310. The number of thioether (sulfide) groups is 1. The number of benzene rings is 2. The first-order chi connectivity index (χ1) is 15.7. The number of carbonyl (C=O) groups excluding carboxylic acids is 1. The number of hydrogen-bond acceptors (Lipinski definition) is 6. The first-order valence-corrected chi connectivity index (χ1v) is 11.6. The van der Waals surface area contributed by atoms with Crippen molar-refractivity contribution in [1.82, 2.24) is 24.7 Å². The van der Waals surface area contributed by atoms with Crippen LogP contribution in [0.5, 0.6) is 0 Å². The number of hydrogen-bond donors (Lipinski definition) is 2. The van der Waals surface area contributed by atoms with Crippen LogP contribution in [0.1, 0.15) is 26.5 Å². The van der Waals surface area contributed by atoms with Crippen molar-refractivity contribution < 1.29 is 4.79 Å². The van der Waals surface area contributed by atoms with Gasteiger partial charge in [-0.05, 0) is 24.3 Å². The van der Waals surface area contributed by atoms with Gasteiger partial charge >= 0.3 is 0 Å². The van der Waals surface area contributed by atoms with Gasteiger partial charge in [0.15, 0.2) is 5.82 Å². The molecule has 33 heavy (non-hydrogen) atoms. The molecule has 4 aromatic rings. The van der Waals surface area contributed by atoms with Gasteiger partial charge in [0, 0.05) is 17.0 Å². The number of anilines is 1. The topological polar surface area (TPSA) is 104 Å². The van der Waals surface area contributed by atoms with E-state index in [2.05, 4.69) is 36.3 Å². The third-order valence-corrected chi connectivity index (χ3v) is 6.13. The van der Waals surface area contributed by atoms with E-state index < -0.39 is 0 Å². The smallest absolute Gasteiger partial charge is 0.236 e. The van der Waals surface area contributed by atoms with Gasteiger partial charge in [0.2, 0.25) is 11.1 Å². The fourth-order valence-corrected chi connectivity index (χ4v) is 3.99. The van der Waals surface area contributed by atoms with Gasteiger partial charge in [0.1, 0.15) is 5.82 Å². The molecule has 8 nitrogen and oxygen atoms in total. The Morgan fingerprint density at radius 2 is 1.79 bits per heavy atom. The summed E-state index contributed by atoms with van der Waals surface area (Å²) in [5.41, 5.74) is 2.24. The van der Waals surface area contributed by atoms with Crippen molar-refractivity contribution in [2.45, 2.75) is 31.3 Å². The zero-order valence-corrected chi connectivity index (χ0v) is 20.1. The van der Waals surface area contributed by atoms with Crippen LogP contribution in [0.3, 0.4) is 0 Å². The molecule has 170 valence electrons. The zero-order chi connectivity index (χ0) is 23.6. The Kier molecular flexibility index (Phi) is 6.44. The number of amides is 1. The van der Waals surface area contributed by atoms with Crippen LogP contribution in [-0.4, -0.2) is 36.3 Å². The molecule has 0 spiro atoms. The van der Waals surface area contributed by atoms with Crippen molar-refractivity contribution >= 4 is 35.1 Å². The molecule has 1 amide bonds. The second-order valence-electron chi connectivity index (χ2n) is 8.41. The predicted octanol–water partition coefficient (Wildman–Crippen LogP) is 4.53. The van der Waals surface area contributed by atoms with Gasteiger partial charge in [-0.3, -0.25) is 4.79 Å². The Labute approximate surface area is 201 Å². The highest BCUT2D eigenvalue weighted by Crippen LogP contribution is 2.28. The van der Waals surface area contributed by atoms with E-state index in [1.54, 1.807) is 10.7 Å². The Bertz CT molecular complexity index is 1280. The van der Waals surface area contributed by atoms with Gasteiger partial charge in [0.05, 0.1) is 22.2 Å². The second-order valence-corrected chi connectivity index (χ2v) is 9.75. The molecule has 0 atom stereocenters. The molecule has 4 rings (SSSR count). The number of nitrogen functional groups attached to an aromatic ring is 1. The Morgan fingerprint density at radius 1 is 1.09 bits per heavy atom. The lowest BCUT2D eigenvalue weighted by Gasteiger charge is -2.14. The molecule has 10 heteroatoms. The van der Waals surface area contributed by atoms with Crippen molar-refractivity contribution in [3.05, 3.63) is 71.4 Å². The second kappa shape index (κ2) is 9.29. The van der Waals surface area contributed by atoms with Gasteiger partial charge in [-0.15, -0.1) is 10.2 Å². The minimum atomic E-state index is -0.208. The van der Waals surface area contributed by atoms with Crippen molar-refractivity contribution in [2.24, 2.45) is 0 Å². The number of carbonyl (C=O) groups is 1. The van der Waals surface area contributed by atoms with Crippen LogP contribution in [0.25, 0.3) is 17.1 Å². The molecular weight excluding hydrogens is 458 g/mol. The summed E-state index contributed by atoms with van der Waals surface area (Å²) >= 11 is 7.43. The van der Waals surface area contributed by atoms with E-state index in [0.717, 1.165) is 11.4 Å². The van der Waals surface area contributed by atoms with E-state index in [0.29, 0.717) is 27.4 Å². The van der Waals surface area contributed by atoms with Crippen molar-refractivity contribution in [1.29, 1.82) is 0 Å². The minimum absolute atomic E-state index is 0.0999. The molecule has 0 radical (unpaired) electrons. The molecule has 0 unspecified atom stereocenters. The van der Waals surface area contributed by atoms with Gasteiger partial charge in [-0.1, -0.05) is 74.5 Å². The summed E-state index contributed by atoms with van der Waals surface area (Å²) in [7, 11) is 0. The molecule has 0 fully saturated rings. The number of nitrogens with one attached hydrogen (secondary N) is 1. The van der Waals surface area contributed by atoms with Crippen LogP contribution in [0.15, 0.2) is 65.8 Å². The van der Waals surface area contributed by atoms with Crippen LogP contribution in [0.2, 0.25) is 5.02 Å². The Balaban J connectivity index is 1.50. The highest BCUT2D eigenvalue weighted by Gasteiger charge is 2.22. The number of nitrogens with zero attached hydrogens (tertiary/aromatic N) is 5. The number of halogens is 1. The highest BCUT2D eigenvalue weighted by atomic mass is 35.5. The average Bonchev–Trinajstić information content (AvgIpc) is 3.37. The van der Waals surface area contributed by atoms with Crippen LogP contribution >= 0.6 is 23.4 Å². The van der Waals surface area contributed by atoms with Crippen molar-refractivity contribution in [3.8, 4) is 17.1 Å². The molecule has 0 aliphatic heterocycles. The Hall–Kier alpha value is -3.30. The number of rotatable bonds is 6. The fourth-order valence-electron chi connectivity index (χ4n) is 3.11. The molecule has 0 aliphatic carbocycles. The first-order valence-electron chi connectivity index (χ1n) is 10.3. The lowest BCUT2D eigenvalue weighted by molar-refractivity contribution is -0.113. The first kappa shape index (κ1) is 22.9. The molecule has 0 saturated heterocycles. The Morgan fingerprint density at radius 3 is 2.48 bits per heavy atom. The lowest BCUT2D eigenvalue weighted by Crippen LogP contribution is -2.18. The van der Waals surface area contributed by atoms with E-state index in [1.165, 1.54) is 16.4 Å². The maximum Gasteiger partial charge on any atom is 0.236 e. The zero-order valence-electron chi connectivity index (χ0n) is 18.5. The third kappa shape index (κ3) is 5.04. The summed E-state index contributed by atoms with van der Waals surface area (Å²) < 4.78 is 3.08. The van der Waals surface area contributed by atoms with E-state index in [4.69, 9.17) is 22.5 Å². The lowest BCUT2D eigenvalue weighted by atomic mass is 9.92.